The van der Waals surface area contributed by atoms with Crippen LogP contribution < -0.4 is 4.74 Å². The van der Waals surface area contributed by atoms with Crippen molar-refractivity contribution in [2.45, 2.75) is 20.0 Å². The molecule has 114 valence electrons. The summed E-state index contributed by atoms with van der Waals surface area (Å²) >= 11 is 1.31. The van der Waals surface area contributed by atoms with E-state index in [-0.39, 0.29) is 5.78 Å². The molecule has 0 bridgehead atoms. The van der Waals surface area contributed by atoms with E-state index in [0.29, 0.717) is 16.3 Å². The predicted molar refractivity (Wildman–Crippen MR) is 84.4 cm³/mol. The van der Waals surface area contributed by atoms with Crippen molar-refractivity contribution in [3.8, 4) is 5.75 Å². The molecule has 1 heterocycles. The maximum absolute atomic E-state index is 12.0. The fourth-order valence-corrected chi connectivity index (χ4v) is 2.46. The summed E-state index contributed by atoms with van der Waals surface area (Å²) in [6, 6.07) is 6.91. The molecular formula is C16H15NO4S. The van der Waals surface area contributed by atoms with Crippen molar-refractivity contribution < 1.29 is 19.4 Å². The zero-order valence-corrected chi connectivity index (χ0v) is 13.0. The Kier molecular flexibility index (Phi) is 5.06. The summed E-state index contributed by atoms with van der Waals surface area (Å²) in [4.78, 5) is 27.5. The van der Waals surface area contributed by atoms with Crippen molar-refractivity contribution >= 4 is 29.2 Å². The fourth-order valence-electron chi connectivity index (χ4n) is 1.73. The average Bonchev–Trinajstić information content (AvgIpc) is 2.91. The van der Waals surface area contributed by atoms with Crippen LogP contribution in [-0.4, -0.2) is 27.9 Å². The number of nitrogens with zero attached hydrogens (tertiary/aromatic N) is 1. The number of aromatic nitrogens is 1. The monoisotopic (exact) mass is 317 g/mol. The lowest BCUT2D eigenvalue weighted by molar-refractivity contribution is -0.144. The van der Waals surface area contributed by atoms with Crippen LogP contribution in [-0.2, 0) is 4.79 Å². The highest BCUT2D eigenvalue weighted by atomic mass is 32.1. The molecule has 1 unspecified atom stereocenters. The molecule has 0 aliphatic rings. The second-order valence-electron chi connectivity index (χ2n) is 4.64. The molecular weight excluding hydrogens is 302 g/mol. The van der Waals surface area contributed by atoms with Crippen molar-refractivity contribution in [2.24, 2.45) is 0 Å². The third-order valence-corrected chi connectivity index (χ3v) is 3.86. The largest absolute Gasteiger partial charge is 0.479 e. The summed E-state index contributed by atoms with van der Waals surface area (Å²) in [7, 11) is 0. The highest BCUT2D eigenvalue weighted by molar-refractivity contribution is 7.12. The van der Waals surface area contributed by atoms with Crippen LogP contribution in [0.1, 0.15) is 27.9 Å². The number of rotatable bonds is 6. The lowest BCUT2D eigenvalue weighted by atomic mass is 10.1. The van der Waals surface area contributed by atoms with E-state index < -0.39 is 12.1 Å². The summed E-state index contributed by atoms with van der Waals surface area (Å²) < 4.78 is 5.29. The number of aryl methyl sites for hydroxylation is 1. The molecule has 0 saturated heterocycles. The van der Waals surface area contributed by atoms with Crippen LogP contribution >= 0.6 is 11.3 Å². The van der Waals surface area contributed by atoms with Crippen LogP contribution in [0.15, 0.2) is 35.9 Å². The van der Waals surface area contributed by atoms with E-state index in [2.05, 4.69) is 4.98 Å². The number of ether oxygens (including phenoxy) is 1. The second-order valence-corrected chi connectivity index (χ2v) is 5.49. The van der Waals surface area contributed by atoms with Gasteiger partial charge in [0.05, 0.1) is 16.1 Å². The number of hydrogen-bond acceptors (Lipinski definition) is 5. The lowest BCUT2D eigenvalue weighted by Gasteiger charge is -2.10. The van der Waals surface area contributed by atoms with Crippen LogP contribution in [0.25, 0.3) is 6.08 Å². The molecule has 0 aliphatic carbocycles. The SMILES string of the molecule is Cc1ncsc1C(=O)C=Cc1cccc(OC(C)C(=O)O)c1. The molecule has 0 saturated carbocycles. The Morgan fingerprint density at radius 2 is 2.18 bits per heavy atom. The van der Waals surface area contributed by atoms with Gasteiger partial charge < -0.3 is 9.84 Å². The van der Waals surface area contributed by atoms with E-state index in [1.807, 2.05) is 6.07 Å². The quantitative estimate of drug-likeness (QED) is 0.654. The molecule has 0 amide bonds. The van der Waals surface area contributed by atoms with Gasteiger partial charge in [-0.1, -0.05) is 18.2 Å². The minimum absolute atomic E-state index is 0.106. The fraction of sp³-hybridized carbons (Fsp3) is 0.188. The Bertz CT molecular complexity index is 720. The van der Waals surface area contributed by atoms with E-state index in [1.54, 1.807) is 36.7 Å². The number of thiazole rings is 1. The van der Waals surface area contributed by atoms with Gasteiger partial charge in [-0.05, 0) is 37.6 Å². The van der Waals surface area contributed by atoms with E-state index >= 15 is 0 Å². The minimum Gasteiger partial charge on any atom is -0.479 e. The summed E-state index contributed by atoms with van der Waals surface area (Å²) in [6.45, 7) is 3.25. The third-order valence-electron chi connectivity index (χ3n) is 2.92. The van der Waals surface area contributed by atoms with Crippen molar-refractivity contribution in [1.82, 2.24) is 4.98 Å². The Balaban J connectivity index is 2.10. The van der Waals surface area contributed by atoms with E-state index in [0.717, 1.165) is 5.56 Å². The molecule has 1 N–H and O–H groups in total. The number of benzene rings is 1. The van der Waals surface area contributed by atoms with E-state index in [4.69, 9.17) is 9.84 Å². The first-order valence-corrected chi connectivity index (χ1v) is 7.47. The van der Waals surface area contributed by atoms with Crippen LogP contribution in [0.4, 0.5) is 0 Å². The first-order chi connectivity index (χ1) is 10.5. The standard InChI is InChI=1S/C16H15NO4S/c1-10-15(22-9-17-10)14(18)7-6-12-4-3-5-13(8-12)21-11(2)16(19)20/h3-9,11H,1-2H3,(H,19,20). The molecule has 0 fully saturated rings. The molecule has 22 heavy (non-hydrogen) atoms. The number of ketones is 1. The molecule has 2 aromatic rings. The highest BCUT2D eigenvalue weighted by Crippen LogP contribution is 2.18. The number of aliphatic carboxylic acids is 1. The number of carbonyl (C=O) groups is 2. The summed E-state index contributed by atoms with van der Waals surface area (Å²) in [5.74, 6) is -0.694. The van der Waals surface area contributed by atoms with Crippen molar-refractivity contribution in [2.75, 3.05) is 0 Å². The number of hydrogen-bond donors (Lipinski definition) is 1. The van der Waals surface area contributed by atoms with Gasteiger partial charge >= 0.3 is 5.97 Å². The normalized spacial score (nSPS) is 12.3. The number of carboxylic acids is 1. The van der Waals surface area contributed by atoms with E-state index in [1.165, 1.54) is 24.3 Å². The smallest absolute Gasteiger partial charge is 0.344 e. The molecule has 5 nitrogen and oxygen atoms in total. The maximum atomic E-state index is 12.0. The topological polar surface area (TPSA) is 76.5 Å². The minimum atomic E-state index is -1.03. The van der Waals surface area contributed by atoms with Gasteiger partial charge in [0.1, 0.15) is 5.75 Å². The molecule has 6 heteroatoms. The molecule has 1 aromatic heterocycles. The van der Waals surface area contributed by atoms with Crippen molar-refractivity contribution in [1.29, 1.82) is 0 Å². The summed E-state index contributed by atoms with van der Waals surface area (Å²) in [5, 5.41) is 8.83. The van der Waals surface area contributed by atoms with Gasteiger partial charge in [0.25, 0.3) is 0 Å². The van der Waals surface area contributed by atoms with Crippen molar-refractivity contribution in [3.05, 3.63) is 52.0 Å². The zero-order chi connectivity index (χ0) is 16.1. The Morgan fingerprint density at radius 1 is 1.41 bits per heavy atom. The summed E-state index contributed by atoms with van der Waals surface area (Å²) in [5.41, 5.74) is 3.11. The Morgan fingerprint density at radius 3 is 2.82 bits per heavy atom. The Labute approximate surface area is 131 Å². The first-order valence-electron chi connectivity index (χ1n) is 6.59. The first kappa shape index (κ1) is 15.9. The van der Waals surface area contributed by atoms with Gasteiger partial charge in [0.2, 0.25) is 0 Å². The average molecular weight is 317 g/mol. The molecule has 1 aromatic carbocycles. The Hall–Kier alpha value is -2.47. The molecule has 1 atom stereocenters. The van der Waals surface area contributed by atoms with Gasteiger partial charge in [-0.3, -0.25) is 4.79 Å². The summed E-state index contributed by atoms with van der Waals surface area (Å²) in [6.07, 6.45) is 2.21. The predicted octanol–water partition coefficient (Wildman–Crippen LogP) is 3.20. The zero-order valence-electron chi connectivity index (χ0n) is 12.1. The molecule has 0 radical (unpaired) electrons. The second kappa shape index (κ2) is 7.00. The molecule has 0 aliphatic heterocycles. The highest BCUT2D eigenvalue weighted by Gasteiger charge is 2.12. The van der Waals surface area contributed by atoms with Gasteiger partial charge in [-0.2, -0.15) is 0 Å². The van der Waals surface area contributed by atoms with E-state index in [9.17, 15) is 9.59 Å². The maximum Gasteiger partial charge on any atom is 0.344 e. The lowest BCUT2D eigenvalue weighted by Crippen LogP contribution is -2.22. The van der Waals surface area contributed by atoms with Gasteiger partial charge in [0, 0.05) is 0 Å². The van der Waals surface area contributed by atoms with Gasteiger partial charge in [-0.25, -0.2) is 9.78 Å². The third kappa shape index (κ3) is 4.02. The number of allylic oxidation sites excluding steroid dienone is 1. The number of carboxylic acid groups (broad SMARTS) is 1. The van der Waals surface area contributed by atoms with Crippen molar-refractivity contribution in [3.63, 3.8) is 0 Å². The van der Waals surface area contributed by atoms with Crippen LogP contribution in [0.2, 0.25) is 0 Å². The molecule has 0 spiro atoms. The van der Waals surface area contributed by atoms with Crippen LogP contribution in [0, 0.1) is 6.92 Å². The van der Waals surface area contributed by atoms with Crippen LogP contribution in [0.5, 0.6) is 5.75 Å². The molecule has 2 rings (SSSR count). The number of carbonyl (C=O) groups excluding carboxylic acids is 1. The van der Waals surface area contributed by atoms with Crippen LogP contribution in [0.3, 0.4) is 0 Å². The van der Waals surface area contributed by atoms with Gasteiger partial charge in [0.15, 0.2) is 11.9 Å². The van der Waals surface area contributed by atoms with Gasteiger partial charge in [-0.15, -0.1) is 11.3 Å².